The van der Waals surface area contributed by atoms with Gasteiger partial charge in [-0.05, 0) is 59.6 Å². The Bertz CT molecular complexity index is 1530. The number of hydrogen-bond acceptors (Lipinski definition) is 7. The second-order valence-corrected chi connectivity index (χ2v) is 8.63. The molecule has 10 heteroatoms. The number of rotatable bonds is 7. The number of benzene rings is 2. The summed E-state index contributed by atoms with van der Waals surface area (Å²) in [5, 5.41) is 21.8. The highest BCUT2D eigenvalue weighted by Gasteiger charge is 2.19. The molecule has 4 aromatic rings. The minimum absolute atomic E-state index is 0.0486. The number of carboxylic acids is 1. The van der Waals surface area contributed by atoms with Gasteiger partial charge < -0.3 is 19.7 Å². The molecular formula is C25H20BrN5O4. The third-order valence-corrected chi connectivity index (χ3v) is 6.12. The van der Waals surface area contributed by atoms with Crippen molar-refractivity contribution in [3.8, 4) is 17.7 Å². The van der Waals surface area contributed by atoms with Crippen LogP contribution < -0.4 is 15.5 Å². The van der Waals surface area contributed by atoms with Gasteiger partial charge >= 0.3 is 5.97 Å². The number of aromatic nitrogens is 3. The van der Waals surface area contributed by atoms with Crippen LogP contribution in [0.3, 0.4) is 0 Å². The van der Waals surface area contributed by atoms with Crippen molar-refractivity contribution in [3.05, 3.63) is 80.7 Å². The van der Waals surface area contributed by atoms with E-state index in [1.165, 1.54) is 12.4 Å². The average molecular weight is 534 g/mol. The molecule has 0 radical (unpaired) electrons. The smallest absolute Gasteiger partial charge is 0.341 e. The van der Waals surface area contributed by atoms with Crippen LogP contribution in [-0.2, 0) is 0 Å². The molecule has 0 spiro atoms. The first-order valence-corrected chi connectivity index (χ1v) is 11.5. The number of nitriles is 1. The summed E-state index contributed by atoms with van der Waals surface area (Å²) in [5.41, 5.74) is 0.960. The number of halogens is 1. The van der Waals surface area contributed by atoms with Crippen LogP contribution in [0, 0.1) is 11.3 Å². The third-order valence-electron chi connectivity index (χ3n) is 5.50. The monoisotopic (exact) mass is 533 g/mol. The summed E-state index contributed by atoms with van der Waals surface area (Å²) >= 11 is 3.43. The van der Waals surface area contributed by atoms with E-state index in [1.807, 2.05) is 13.8 Å². The van der Waals surface area contributed by atoms with E-state index in [0.29, 0.717) is 32.9 Å². The molecule has 0 aliphatic carbocycles. The van der Waals surface area contributed by atoms with Gasteiger partial charge in [-0.25, -0.2) is 9.78 Å². The number of fused-ring (bicyclic) bond motifs is 1. The number of hydrogen-bond donors (Lipinski definition) is 2. The van der Waals surface area contributed by atoms with Crippen LogP contribution in [0.5, 0.6) is 11.6 Å². The van der Waals surface area contributed by atoms with E-state index in [0.717, 1.165) is 6.42 Å². The Morgan fingerprint density at radius 2 is 2.03 bits per heavy atom. The molecule has 2 N–H and O–H groups in total. The zero-order chi connectivity index (χ0) is 25.1. The van der Waals surface area contributed by atoms with Gasteiger partial charge in [0.05, 0.1) is 21.6 Å². The maximum absolute atomic E-state index is 12.8. The van der Waals surface area contributed by atoms with E-state index in [1.54, 1.807) is 47.0 Å². The Labute approximate surface area is 208 Å². The van der Waals surface area contributed by atoms with Gasteiger partial charge in [0.2, 0.25) is 17.3 Å². The van der Waals surface area contributed by atoms with E-state index in [-0.39, 0.29) is 22.9 Å². The summed E-state index contributed by atoms with van der Waals surface area (Å²) in [5.74, 6) is -0.309. The molecule has 2 aromatic carbocycles. The fourth-order valence-electron chi connectivity index (χ4n) is 3.47. The second kappa shape index (κ2) is 9.95. The van der Waals surface area contributed by atoms with Crippen LogP contribution in [0.25, 0.3) is 10.9 Å². The lowest BCUT2D eigenvalue weighted by atomic mass is 10.1. The van der Waals surface area contributed by atoms with Gasteiger partial charge in [0.15, 0.2) is 0 Å². The first-order valence-electron chi connectivity index (χ1n) is 10.7. The molecule has 0 aliphatic rings. The van der Waals surface area contributed by atoms with Crippen molar-refractivity contribution in [1.29, 1.82) is 5.26 Å². The molecule has 0 saturated carbocycles. The number of aromatic carboxylic acids is 1. The minimum atomic E-state index is -1.27. The van der Waals surface area contributed by atoms with Crippen molar-refractivity contribution in [3.63, 3.8) is 0 Å². The Kier molecular flexibility index (Phi) is 6.80. The number of nitrogens with one attached hydrogen (secondary N) is 1. The molecule has 176 valence electrons. The normalized spacial score (nSPS) is 11.6. The SMILES string of the molecule is CCC(C)n1cc(C(=O)O)c(=O)c2cc(Br)c(Oc3ccnc(Nc4ccc(C#N)cc4)n3)cc21. The zero-order valence-electron chi connectivity index (χ0n) is 18.8. The van der Waals surface area contributed by atoms with E-state index in [9.17, 15) is 14.7 Å². The molecule has 0 fully saturated rings. The number of carbonyl (C=O) groups is 1. The van der Waals surface area contributed by atoms with Gasteiger partial charge in [-0.15, -0.1) is 0 Å². The standard InChI is InChI=1S/C25H20BrN5O4/c1-3-14(2)31-13-18(24(33)34)23(32)17-10-19(26)21(11-20(17)31)35-22-8-9-28-25(30-22)29-16-6-4-15(12-27)5-7-16/h4-11,13-14H,3H2,1-2H3,(H,33,34)(H,28,29,30). The number of ether oxygens (including phenoxy) is 1. The summed E-state index contributed by atoms with van der Waals surface area (Å²) in [6, 6.07) is 13.7. The molecule has 0 saturated heterocycles. The Morgan fingerprint density at radius 3 is 2.69 bits per heavy atom. The first-order chi connectivity index (χ1) is 16.8. The van der Waals surface area contributed by atoms with Crippen molar-refractivity contribution in [1.82, 2.24) is 14.5 Å². The fraction of sp³-hybridized carbons (Fsp3) is 0.160. The summed E-state index contributed by atoms with van der Waals surface area (Å²) in [6.45, 7) is 3.93. The molecule has 1 unspecified atom stereocenters. The lowest BCUT2D eigenvalue weighted by Crippen LogP contribution is -2.20. The predicted octanol–water partition coefficient (Wildman–Crippen LogP) is 5.63. The number of anilines is 2. The highest BCUT2D eigenvalue weighted by Crippen LogP contribution is 2.34. The lowest BCUT2D eigenvalue weighted by molar-refractivity contribution is 0.0694. The van der Waals surface area contributed by atoms with E-state index >= 15 is 0 Å². The van der Waals surface area contributed by atoms with Crippen molar-refractivity contribution in [2.45, 2.75) is 26.3 Å². The maximum Gasteiger partial charge on any atom is 0.341 e. The molecule has 0 aliphatic heterocycles. The van der Waals surface area contributed by atoms with Gasteiger partial charge in [-0.3, -0.25) is 4.79 Å². The van der Waals surface area contributed by atoms with Crippen molar-refractivity contribution >= 4 is 44.4 Å². The summed E-state index contributed by atoms with van der Waals surface area (Å²) in [6.07, 6.45) is 3.65. The minimum Gasteiger partial charge on any atom is -0.477 e. The van der Waals surface area contributed by atoms with Crippen LogP contribution in [0.1, 0.15) is 42.2 Å². The number of pyridine rings is 1. The number of nitrogens with zero attached hydrogens (tertiary/aromatic N) is 4. The van der Waals surface area contributed by atoms with Crippen LogP contribution in [0.15, 0.2) is 64.1 Å². The molecule has 2 aromatic heterocycles. The molecule has 4 rings (SSSR count). The molecular weight excluding hydrogens is 514 g/mol. The summed E-state index contributed by atoms with van der Waals surface area (Å²) in [4.78, 5) is 33.0. The van der Waals surface area contributed by atoms with Crippen molar-refractivity contribution in [2.75, 3.05) is 5.32 Å². The highest BCUT2D eigenvalue weighted by atomic mass is 79.9. The highest BCUT2D eigenvalue weighted by molar-refractivity contribution is 9.10. The second-order valence-electron chi connectivity index (χ2n) is 7.78. The van der Waals surface area contributed by atoms with Gasteiger partial charge in [0.25, 0.3) is 0 Å². The average Bonchev–Trinajstić information content (AvgIpc) is 2.85. The van der Waals surface area contributed by atoms with E-state index in [2.05, 4.69) is 37.3 Å². The van der Waals surface area contributed by atoms with Crippen LogP contribution >= 0.6 is 15.9 Å². The molecule has 0 bridgehead atoms. The maximum atomic E-state index is 12.8. The van der Waals surface area contributed by atoms with Gasteiger partial charge in [0.1, 0.15) is 11.3 Å². The van der Waals surface area contributed by atoms with Gasteiger partial charge in [0, 0.05) is 41.6 Å². The van der Waals surface area contributed by atoms with Gasteiger partial charge in [-0.2, -0.15) is 10.2 Å². The topological polar surface area (TPSA) is 130 Å². The summed E-state index contributed by atoms with van der Waals surface area (Å²) < 4.78 is 8.25. The van der Waals surface area contributed by atoms with E-state index in [4.69, 9.17) is 10.00 Å². The summed E-state index contributed by atoms with van der Waals surface area (Å²) in [7, 11) is 0. The van der Waals surface area contributed by atoms with Crippen molar-refractivity contribution < 1.29 is 14.6 Å². The molecule has 2 heterocycles. The largest absolute Gasteiger partial charge is 0.477 e. The zero-order valence-corrected chi connectivity index (χ0v) is 20.4. The lowest BCUT2D eigenvalue weighted by Gasteiger charge is -2.19. The van der Waals surface area contributed by atoms with Crippen LogP contribution in [-0.4, -0.2) is 25.6 Å². The first kappa shape index (κ1) is 23.9. The Hall–Kier alpha value is -4.23. The van der Waals surface area contributed by atoms with E-state index < -0.39 is 11.4 Å². The van der Waals surface area contributed by atoms with Crippen LogP contribution in [0.2, 0.25) is 0 Å². The third kappa shape index (κ3) is 5.00. The number of carboxylic acid groups (broad SMARTS) is 1. The van der Waals surface area contributed by atoms with Gasteiger partial charge in [-0.1, -0.05) is 6.92 Å². The molecule has 0 amide bonds. The van der Waals surface area contributed by atoms with Crippen molar-refractivity contribution in [2.24, 2.45) is 0 Å². The fourth-order valence-corrected chi connectivity index (χ4v) is 3.90. The Balaban J connectivity index is 1.71. The molecule has 35 heavy (non-hydrogen) atoms. The predicted molar refractivity (Wildman–Crippen MR) is 134 cm³/mol. The Morgan fingerprint density at radius 1 is 1.29 bits per heavy atom. The molecule has 9 nitrogen and oxygen atoms in total. The van der Waals surface area contributed by atoms with Crippen LogP contribution in [0.4, 0.5) is 11.6 Å². The molecule has 1 atom stereocenters. The quantitative estimate of drug-likeness (QED) is 0.312.